The van der Waals surface area contributed by atoms with Crippen molar-refractivity contribution < 1.29 is 37.0 Å². The Labute approximate surface area is 170 Å². The van der Waals surface area contributed by atoms with Crippen LogP contribution in [0.2, 0.25) is 0 Å². The summed E-state index contributed by atoms with van der Waals surface area (Å²) < 4.78 is 49.0. The van der Waals surface area contributed by atoms with Gasteiger partial charge in [0.05, 0.1) is 32.1 Å². The van der Waals surface area contributed by atoms with Crippen LogP contribution in [0.4, 0.5) is 13.2 Å². The molecule has 30 heavy (non-hydrogen) atoms. The van der Waals surface area contributed by atoms with E-state index in [0.717, 1.165) is 38.3 Å². The zero-order chi connectivity index (χ0) is 21.6. The van der Waals surface area contributed by atoms with Gasteiger partial charge in [0.25, 0.3) is 0 Å². The van der Waals surface area contributed by atoms with E-state index >= 15 is 0 Å². The third-order valence-electron chi connectivity index (χ3n) is 4.99. The number of hydrogen-bond acceptors (Lipinski definition) is 7. The Hall–Kier alpha value is -2.66. The highest BCUT2D eigenvalue weighted by atomic mass is 19.4. The molecule has 0 aromatic carbocycles. The van der Waals surface area contributed by atoms with Crippen LogP contribution in [0.5, 0.6) is 6.01 Å². The van der Waals surface area contributed by atoms with Crippen molar-refractivity contribution in [3.8, 4) is 6.01 Å². The zero-order valence-electron chi connectivity index (χ0n) is 16.0. The molecule has 8 nitrogen and oxygen atoms in total. The van der Waals surface area contributed by atoms with E-state index in [2.05, 4.69) is 14.9 Å². The van der Waals surface area contributed by atoms with Crippen molar-refractivity contribution in [3.05, 3.63) is 42.6 Å². The molecule has 0 amide bonds. The summed E-state index contributed by atoms with van der Waals surface area (Å²) in [6.45, 7) is 3.18. The number of morpholine rings is 1. The molecule has 3 atom stereocenters. The van der Waals surface area contributed by atoms with Gasteiger partial charge in [-0.3, -0.25) is 4.90 Å². The molecule has 1 aliphatic carbocycles. The molecule has 164 valence electrons. The van der Waals surface area contributed by atoms with E-state index in [1.807, 2.05) is 12.1 Å². The number of aliphatic carboxylic acids is 1. The third-order valence-corrected chi connectivity index (χ3v) is 4.99. The van der Waals surface area contributed by atoms with Crippen LogP contribution in [-0.4, -0.2) is 64.0 Å². The van der Waals surface area contributed by atoms with Crippen LogP contribution in [0.15, 0.2) is 41.3 Å². The summed E-state index contributed by atoms with van der Waals surface area (Å²) in [6.07, 6.45) is 2.51. The summed E-state index contributed by atoms with van der Waals surface area (Å²) in [7, 11) is 0. The number of hydrogen-bond donors (Lipinski definition) is 1. The van der Waals surface area contributed by atoms with Crippen molar-refractivity contribution in [3.63, 3.8) is 0 Å². The Bertz CT molecular complexity index is 788. The predicted octanol–water partition coefficient (Wildman–Crippen LogP) is 2.76. The second-order valence-corrected chi connectivity index (χ2v) is 6.94. The standard InChI is InChI=1S/C17H21N3O3.C2HF3O2/c1-3-14(21-9-1)11-20-8-10-22-16-13(4-5-15(16)20)12-23-17-18-6-2-7-19-17;3-2(4,5)1(6)7/h1-3,6-7,9,13,15-16H,4-5,8,10-12H2;(H,6,7)/t13?,15-,16-;/m0./s1. The topological polar surface area (TPSA) is 97.9 Å². The maximum absolute atomic E-state index is 10.6. The van der Waals surface area contributed by atoms with Gasteiger partial charge in [-0.2, -0.15) is 13.2 Å². The van der Waals surface area contributed by atoms with Gasteiger partial charge >= 0.3 is 18.2 Å². The lowest BCUT2D eigenvalue weighted by atomic mass is 10.0. The molecule has 1 saturated carbocycles. The molecule has 11 heteroatoms. The van der Waals surface area contributed by atoms with Crippen LogP contribution in [0, 0.1) is 5.92 Å². The molecule has 2 fully saturated rings. The molecular weight excluding hydrogens is 407 g/mol. The highest BCUT2D eigenvalue weighted by Crippen LogP contribution is 2.35. The molecule has 0 radical (unpaired) electrons. The Kier molecular flexibility index (Phi) is 7.27. The quantitative estimate of drug-likeness (QED) is 0.775. The molecule has 2 aromatic heterocycles. The van der Waals surface area contributed by atoms with E-state index in [9.17, 15) is 13.2 Å². The van der Waals surface area contributed by atoms with E-state index in [1.54, 1.807) is 24.7 Å². The van der Waals surface area contributed by atoms with E-state index in [1.165, 1.54) is 0 Å². The van der Waals surface area contributed by atoms with Crippen LogP contribution in [0.25, 0.3) is 0 Å². The van der Waals surface area contributed by atoms with Crippen molar-refractivity contribution in [2.75, 3.05) is 19.8 Å². The van der Waals surface area contributed by atoms with E-state index in [4.69, 9.17) is 23.8 Å². The van der Waals surface area contributed by atoms with Crippen LogP contribution in [0.1, 0.15) is 18.6 Å². The Balaban J connectivity index is 0.000000318. The highest BCUT2D eigenvalue weighted by molar-refractivity contribution is 5.73. The number of aromatic nitrogens is 2. The summed E-state index contributed by atoms with van der Waals surface area (Å²) in [6, 6.07) is 6.65. The zero-order valence-corrected chi connectivity index (χ0v) is 16.0. The lowest BCUT2D eigenvalue weighted by Crippen LogP contribution is -2.50. The van der Waals surface area contributed by atoms with Crippen molar-refractivity contribution in [1.29, 1.82) is 0 Å². The van der Waals surface area contributed by atoms with Gasteiger partial charge < -0.3 is 19.0 Å². The first kappa shape index (κ1) is 22.0. The Morgan fingerprint density at radius 3 is 2.63 bits per heavy atom. The fourth-order valence-electron chi connectivity index (χ4n) is 3.66. The summed E-state index contributed by atoms with van der Waals surface area (Å²) in [4.78, 5) is 19.6. The van der Waals surface area contributed by atoms with Gasteiger partial charge in [0.2, 0.25) is 0 Å². The van der Waals surface area contributed by atoms with E-state index in [0.29, 0.717) is 24.6 Å². The van der Waals surface area contributed by atoms with Gasteiger partial charge in [0.1, 0.15) is 5.76 Å². The second-order valence-electron chi connectivity index (χ2n) is 6.94. The fraction of sp³-hybridized carbons (Fsp3) is 0.526. The molecule has 0 spiro atoms. The van der Waals surface area contributed by atoms with Gasteiger partial charge in [-0.05, 0) is 31.0 Å². The average Bonchev–Trinajstić information content (AvgIpc) is 3.37. The molecule has 1 N–H and O–H groups in total. The number of alkyl halides is 3. The number of carboxylic acid groups (broad SMARTS) is 1. The minimum Gasteiger partial charge on any atom is -0.475 e. The molecule has 1 aliphatic heterocycles. The number of halogens is 3. The molecule has 4 rings (SSSR count). The van der Waals surface area contributed by atoms with Crippen molar-refractivity contribution in [1.82, 2.24) is 14.9 Å². The second kappa shape index (κ2) is 9.90. The van der Waals surface area contributed by atoms with E-state index < -0.39 is 12.1 Å². The first-order chi connectivity index (χ1) is 14.3. The van der Waals surface area contributed by atoms with Gasteiger partial charge in [-0.15, -0.1) is 0 Å². The Morgan fingerprint density at radius 1 is 1.27 bits per heavy atom. The minimum absolute atomic E-state index is 0.224. The number of nitrogens with zero attached hydrogens (tertiary/aromatic N) is 3. The predicted molar refractivity (Wildman–Crippen MR) is 96.6 cm³/mol. The summed E-state index contributed by atoms with van der Waals surface area (Å²) >= 11 is 0. The maximum atomic E-state index is 10.6. The van der Waals surface area contributed by atoms with Gasteiger partial charge in [-0.1, -0.05) is 0 Å². The number of carbonyl (C=O) groups is 1. The molecule has 1 unspecified atom stereocenters. The lowest BCUT2D eigenvalue weighted by molar-refractivity contribution is -0.192. The third kappa shape index (κ3) is 5.92. The first-order valence-corrected chi connectivity index (χ1v) is 9.42. The number of rotatable bonds is 5. The largest absolute Gasteiger partial charge is 0.490 e. The molecular formula is C19H22F3N3O5. The van der Waals surface area contributed by atoms with Gasteiger partial charge in [-0.25, -0.2) is 14.8 Å². The normalized spacial score (nSPS) is 23.9. The first-order valence-electron chi connectivity index (χ1n) is 9.42. The van der Waals surface area contributed by atoms with Gasteiger partial charge in [0.15, 0.2) is 0 Å². The summed E-state index contributed by atoms with van der Waals surface area (Å²) in [5, 5.41) is 7.12. The number of fused-ring (bicyclic) bond motifs is 1. The summed E-state index contributed by atoms with van der Waals surface area (Å²) in [5.41, 5.74) is 0. The van der Waals surface area contributed by atoms with Crippen molar-refractivity contribution >= 4 is 5.97 Å². The van der Waals surface area contributed by atoms with Gasteiger partial charge in [0, 0.05) is 30.9 Å². The van der Waals surface area contributed by atoms with Crippen molar-refractivity contribution in [2.24, 2.45) is 5.92 Å². The fourth-order valence-corrected chi connectivity index (χ4v) is 3.66. The van der Waals surface area contributed by atoms with Crippen molar-refractivity contribution in [2.45, 2.75) is 37.7 Å². The van der Waals surface area contributed by atoms with Crippen LogP contribution < -0.4 is 4.74 Å². The number of carboxylic acids is 1. The van der Waals surface area contributed by atoms with Crippen LogP contribution in [-0.2, 0) is 16.1 Å². The highest BCUT2D eigenvalue weighted by Gasteiger charge is 2.43. The lowest BCUT2D eigenvalue weighted by Gasteiger charge is -2.38. The molecule has 1 saturated heterocycles. The molecule has 3 heterocycles. The summed E-state index contributed by atoms with van der Waals surface area (Å²) in [5.74, 6) is -1.35. The monoisotopic (exact) mass is 429 g/mol. The minimum atomic E-state index is -5.08. The Morgan fingerprint density at radius 2 is 2.00 bits per heavy atom. The van der Waals surface area contributed by atoms with Crippen LogP contribution in [0.3, 0.4) is 0 Å². The number of ether oxygens (including phenoxy) is 2. The molecule has 2 aliphatic rings. The molecule has 0 bridgehead atoms. The van der Waals surface area contributed by atoms with E-state index in [-0.39, 0.29) is 6.10 Å². The van der Waals surface area contributed by atoms with Crippen LogP contribution >= 0.6 is 0 Å². The SMILES string of the molecule is O=C(O)C(F)(F)F.c1cnc(OCC2CC[C@H]3[C@H]2OCCN3Cc2ccco2)nc1. The smallest absolute Gasteiger partial charge is 0.475 e. The number of furan rings is 1. The maximum Gasteiger partial charge on any atom is 0.490 e. The molecule has 2 aromatic rings. The average molecular weight is 429 g/mol.